The van der Waals surface area contributed by atoms with E-state index in [1.165, 1.54) is 193 Å². The Balaban J connectivity index is 3.49. The van der Waals surface area contributed by atoms with Crippen LogP contribution >= 0.6 is 0 Å². The molecule has 2 atom stereocenters. The molecule has 6 nitrogen and oxygen atoms in total. The Kier molecular flexibility index (Phi) is 51.6. The number of esters is 1. The number of ether oxygens (including phenoxy) is 1. The molecule has 0 fully saturated rings. The Morgan fingerprint density at radius 1 is 0.438 bits per heavy atom. The van der Waals surface area contributed by atoms with Gasteiger partial charge < -0.3 is 20.3 Å². The van der Waals surface area contributed by atoms with Crippen LogP contribution in [0.15, 0.2) is 48.6 Å². The van der Waals surface area contributed by atoms with Crippen molar-refractivity contribution in [2.24, 2.45) is 0 Å². The van der Waals surface area contributed by atoms with Crippen LogP contribution in [0.25, 0.3) is 0 Å². The minimum absolute atomic E-state index is 0.00539. The predicted octanol–water partition coefficient (Wildman–Crippen LogP) is 17.0. The minimum Gasteiger partial charge on any atom is -0.466 e. The first kappa shape index (κ1) is 61.8. The summed E-state index contributed by atoms with van der Waals surface area (Å²) in [4.78, 5) is 24.4. The van der Waals surface area contributed by atoms with Crippen LogP contribution in [-0.2, 0) is 14.3 Å². The smallest absolute Gasteiger partial charge is 0.305 e. The Morgan fingerprint density at radius 2 is 0.797 bits per heavy atom. The summed E-state index contributed by atoms with van der Waals surface area (Å²) in [7, 11) is 0. The maximum absolute atomic E-state index is 12.4. The summed E-state index contributed by atoms with van der Waals surface area (Å²) >= 11 is 0. The second-order valence-electron chi connectivity index (χ2n) is 18.9. The summed E-state index contributed by atoms with van der Waals surface area (Å²) in [5.74, 6) is -0.0850. The molecule has 6 heteroatoms. The summed E-state index contributed by atoms with van der Waals surface area (Å²) in [6.45, 7) is 4.84. The number of unbranched alkanes of at least 4 members (excludes halogenated alkanes) is 34. The van der Waals surface area contributed by atoms with E-state index < -0.39 is 12.1 Å². The Hall–Kier alpha value is -2.18. The number of hydrogen-bond donors (Lipinski definition) is 3. The Bertz CT molecular complexity index is 1080. The highest BCUT2D eigenvalue weighted by molar-refractivity contribution is 5.76. The first-order chi connectivity index (χ1) is 31.5. The Morgan fingerprint density at radius 3 is 1.25 bits per heavy atom. The zero-order chi connectivity index (χ0) is 46.5. The highest BCUT2D eigenvalue weighted by Crippen LogP contribution is 2.15. The zero-order valence-corrected chi connectivity index (χ0v) is 42.5. The molecular weight excluding hydrogens is 791 g/mol. The second kappa shape index (κ2) is 53.4. The number of aliphatic hydroxyl groups is 2. The standard InChI is InChI=1S/C58H107NO5/c1-3-5-7-9-11-13-15-27-31-34-38-42-46-50-56(61)55(54-60)59-57(62)51-47-43-39-35-32-28-25-23-21-19-17-16-18-20-22-24-26-29-33-37-41-45-49-53-64-58(63)52-48-44-40-36-30-14-12-10-8-6-4-2/h10,12,16,18-19,21,46,50,55-56,60-61H,3-9,11,13-15,17,20,22-45,47-49,51-54H2,1-2H3,(H,59,62)/b12-10-,18-16-,21-19-,50-46+. The largest absolute Gasteiger partial charge is 0.466 e. The maximum Gasteiger partial charge on any atom is 0.305 e. The average Bonchev–Trinajstić information content (AvgIpc) is 3.29. The van der Waals surface area contributed by atoms with Crippen LogP contribution in [0.3, 0.4) is 0 Å². The van der Waals surface area contributed by atoms with Crippen LogP contribution < -0.4 is 5.32 Å². The lowest BCUT2D eigenvalue weighted by Crippen LogP contribution is -2.45. The van der Waals surface area contributed by atoms with E-state index in [9.17, 15) is 19.8 Å². The fourth-order valence-corrected chi connectivity index (χ4v) is 8.23. The summed E-state index contributed by atoms with van der Waals surface area (Å²) in [6.07, 6.45) is 67.0. The van der Waals surface area contributed by atoms with Gasteiger partial charge in [-0.2, -0.15) is 0 Å². The third kappa shape index (κ3) is 49.3. The molecule has 2 unspecified atom stereocenters. The van der Waals surface area contributed by atoms with E-state index in [2.05, 4.69) is 55.6 Å². The topological polar surface area (TPSA) is 95.9 Å². The van der Waals surface area contributed by atoms with Crippen LogP contribution in [-0.4, -0.2) is 47.4 Å². The minimum atomic E-state index is -0.851. The van der Waals surface area contributed by atoms with Crippen molar-refractivity contribution >= 4 is 11.9 Å². The number of aliphatic hydroxyl groups excluding tert-OH is 2. The van der Waals surface area contributed by atoms with Crippen LogP contribution in [0.1, 0.15) is 284 Å². The molecule has 64 heavy (non-hydrogen) atoms. The number of amides is 1. The lowest BCUT2D eigenvalue weighted by atomic mass is 10.0. The number of nitrogens with one attached hydrogen (secondary N) is 1. The van der Waals surface area contributed by atoms with Gasteiger partial charge in [-0.25, -0.2) is 0 Å². The molecule has 0 aromatic carbocycles. The number of allylic oxidation sites excluding steroid dienone is 7. The zero-order valence-electron chi connectivity index (χ0n) is 42.5. The molecule has 0 saturated heterocycles. The maximum atomic E-state index is 12.4. The van der Waals surface area contributed by atoms with Crippen molar-refractivity contribution in [2.45, 2.75) is 296 Å². The lowest BCUT2D eigenvalue weighted by molar-refractivity contribution is -0.143. The van der Waals surface area contributed by atoms with E-state index in [0.717, 1.165) is 64.2 Å². The van der Waals surface area contributed by atoms with Crippen molar-refractivity contribution in [1.82, 2.24) is 5.32 Å². The van der Waals surface area contributed by atoms with E-state index in [1.807, 2.05) is 6.08 Å². The van der Waals surface area contributed by atoms with Gasteiger partial charge in [0.15, 0.2) is 0 Å². The number of carbonyl (C=O) groups is 2. The van der Waals surface area contributed by atoms with Crippen molar-refractivity contribution in [3.63, 3.8) is 0 Å². The summed E-state index contributed by atoms with van der Waals surface area (Å²) in [5.41, 5.74) is 0. The summed E-state index contributed by atoms with van der Waals surface area (Å²) in [6, 6.07) is -0.635. The molecule has 0 saturated carbocycles. The monoisotopic (exact) mass is 898 g/mol. The van der Waals surface area contributed by atoms with Gasteiger partial charge in [-0.05, 0) is 83.5 Å². The van der Waals surface area contributed by atoms with Gasteiger partial charge in [-0.15, -0.1) is 0 Å². The molecule has 0 heterocycles. The molecule has 0 aliphatic heterocycles. The van der Waals surface area contributed by atoms with Gasteiger partial charge >= 0.3 is 5.97 Å². The fraction of sp³-hybridized carbons (Fsp3) is 0.828. The van der Waals surface area contributed by atoms with Crippen LogP contribution in [0, 0.1) is 0 Å². The molecular formula is C58H107NO5. The van der Waals surface area contributed by atoms with Gasteiger partial charge in [0.05, 0.1) is 25.4 Å². The molecule has 0 rings (SSSR count). The van der Waals surface area contributed by atoms with Gasteiger partial charge in [0.25, 0.3) is 0 Å². The molecule has 0 radical (unpaired) electrons. The van der Waals surface area contributed by atoms with Gasteiger partial charge in [0.1, 0.15) is 0 Å². The molecule has 0 aliphatic rings. The third-order valence-electron chi connectivity index (χ3n) is 12.6. The van der Waals surface area contributed by atoms with E-state index in [1.54, 1.807) is 6.08 Å². The van der Waals surface area contributed by atoms with E-state index in [-0.39, 0.29) is 18.5 Å². The molecule has 374 valence electrons. The van der Waals surface area contributed by atoms with Crippen molar-refractivity contribution in [1.29, 1.82) is 0 Å². The Labute approximate surface area is 397 Å². The molecule has 0 bridgehead atoms. The summed E-state index contributed by atoms with van der Waals surface area (Å²) < 4.78 is 5.45. The normalized spacial score (nSPS) is 13.0. The van der Waals surface area contributed by atoms with Crippen molar-refractivity contribution in [3.8, 4) is 0 Å². The van der Waals surface area contributed by atoms with Gasteiger partial charge in [-0.3, -0.25) is 9.59 Å². The number of rotatable bonds is 51. The van der Waals surface area contributed by atoms with Crippen LogP contribution in [0.2, 0.25) is 0 Å². The molecule has 0 aliphatic carbocycles. The first-order valence-electron chi connectivity index (χ1n) is 27.9. The van der Waals surface area contributed by atoms with Crippen molar-refractivity contribution < 1.29 is 24.5 Å². The van der Waals surface area contributed by atoms with E-state index >= 15 is 0 Å². The van der Waals surface area contributed by atoms with Gasteiger partial charge in [-0.1, -0.05) is 236 Å². The molecule has 0 spiro atoms. The third-order valence-corrected chi connectivity index (χ3v) is 12.6. The SMILES string of the molecule is CCCC/C=C\CCCCCCCC(=O)OCCCCCCCCCCC/C=C\C/C=C\CCCCCCCCCC(=O)NC(CO)C(O)/C=C/CCCCCCCCCCCCC. The van der Waals surface area contributed by atoms with E-state index in [0.29, 0.717) is 19.4 Å². The number of hydrogen-bond acceptors (Lipinski definition) is 5. The first-order valence-corrected chi connectivity index (χ1v) is 27.9. The average molecular weight is 898 g/mol. The summed E-state index contributed by atoms with van der Waals surface area (Å²) in [5, 5.41) is 23.0. The molecule has 0 aromatic rings. The molecule has 0 aromatic heterocycles. The highest BCUT2D eigenvalue weighted by atomic mass is 16.5. The van der Waals surface area contributed by atoms with E-state index in [4.69, 9.17) is 4.74 Å². The van der Waals surface area contributed by atoms with Crippen LogP contribution in [0.5, 0.6) is 0 Å². The fourth-order valence-electron chi connectivity index (χ4n) is 8.23. The number of carbonyl (C=O) groups excluding carboxylic acids is 2. The quantitative estimate of drug-likeness (QED) is 0.0321. The van der Waals surface area contributed by atoms with Crippen molar-refractivity contribution in [2.75, 3.05) is 13.2 Å². The van der Waals surface area contributed by atoms with Crippen LogP contribution in [0.4, 0.5) is 0 Å². The lowest BCUT2D eigenvalue weighted by Gasteiger charge is -2.20. The van der Waals surface area contributed by atoms with Gasteiger partial charge in [0, 0.05) is 12.8 Å². The van der Waals surface area contributed by atoms with Gasteiger partial charge in [0.2, 0.25) is 5.91 Å². The molecule has 3 N–H and O–H groups in total. The highest BCUT2D eigenvalue weighted by Gasteiger charge is 2.18. The predicted molar refractivity (Wildman–Crippen MR) is 278 cm³/mol. The molecule has 1 amide bonds. The van der Waals surface area contributed by atoms with Crippen molar-refractivity contribution in [3.05, 3.63) is 48.6 Å². The second-order valence-corrected chi connectivity index (χ2v) is 18.9.